The predicted molar refractivity (Wildman–Crippen MR) is 76.0 cm³/mol. The molecular weight excluding hydrogens is 324 g/mol. The molecule has 2 aromatic rings. The van der Waals surface area contributed by atoms with Crippen LogP contribution in [-0.4, -0.2) is 32.4 Å². The number of rotatable bonds is 2. The van der Waals surface area contributed by atoms with Gasteiger partial charge >= 0.3 is 5.97 Å². The number of esters is 1. The van der Waals surface area contributed by atoms with Crippen LogP contribution in [0.4, 0.5) is 0 Å². The lowest BCUT2D eigenvalue weighted by Crippen LogP contribution is -2.28. The third-order valence-corrected chi connectivity index (χ3v) is 4.12. The summed E-state index contributed by atoms with van der Waals surface area (Å²) >= 11 is 3.46. The number of hydrogen-bond donors (Lipinski definition) is 0. The van der Waals surface area contributed by atoms with E-state index in [1.807, 2.05) is 28.4 Å². The molecule has 0 spiro atoms. The quantitative estimate of drug-likeness (QED) is 0.783. The SMILES string of the molecule is COC(=O)C1CCc2nnc(-c3cc(Br)cn3C)n2C1. The first-order chi connectivity index (χ1) is 9.60. The van der Waals surface area contributed by atoms with Gasteiger partial charge in [0.2, 0.25) is 0 Å². The van der Waals surface area contributed by atoms with Crippen molar-refractivity contribution in [1.82, 2.24) is 19.3 Å². The Morgan fingerprint density at radius 3 is 2.95 bits per heavy atom. The number of aryl methyl sites for hydroxylation is 2. The molecule has 0 saturated heterocycles. The summed E-state index contributed by atoms with van der Waals surface area (Å²) in [5.41, 5.74) is 0.973. The molecule has 6 nitrogen and oxygen atoms in total. The number of carbonyl (C=O) groups excluding carboxylic acids is 1. The lowest BCUT2D eigenvalue weighted by molar-refractivity contribution is -0.146. The minimum Gasteiger partial charge on any atom is -0.469 e. The normalized spacial score (nSPS) is 17.9. The molecule has 0 aromatic carbocycles. The van der Waals surface area contributed by atoms with Crippen LogP contribution < -0.4 is 0 Å². The minimum absolute atomic E-state index is 0.119. The van der Waals surface area contributed by atoms with Crippen LogP contribution in [0.2, 0.25) is 0 Å². The molecule has 0 radical (unpaired) electrons. The highest BCUT2D eigenvalue weighted by atomic mass is 79.9. The van der Waals surface area contributed by atoms with E-state index in [1.54, 1.807) is 0 Å². The van der Waals surface area contributed by atoms with E-state index >= 15 is 0 Å². The van der Waals surface area contributed by atoms with Crippen LogP contribution in [0.3, 0.4) is 0 Å². The maximum Gasteiger partial charge on any atom is 0.310 e. The molecule has 0 N–H and O–H groups in total. The van der Waals surface area contributed by atoms with Crippen LogP contribution in [0, 0.1) is 5.92 Å². The van der Waals surface area contributed by atoms with E-state index in [0.717, 1.165) is 34.7 Å². The van der Waals surface area contributed by atoms with E-state index < -0.39 is 0 Å². The van der Waals surface area contributed by atoms with Gasteiger partial charge in [-0.2, -0.15) is 0 Å². The third kappa shape index (κ3) is 2.15. The molecule has 0 bridgehead atoms. The van der Waals surface area contributed by atoms with Crippen molar-refractivity contribution in [3.63, 3.8) is 0 Å². The summed E-state index contributed by atoms with van der Waals surface area (Å²) in [6, 6.07) is 2.00. The standard InChI is InChI=1S/C13H15BrN4O2/c1-17-7-9(14)5-10(17)12-16-15-11-4-3-8(6-18(11)12)13(19)20-2/h5,7-8H,3-4,6H2,1-2H3. The highest BCUT2D eigenvalue weighted by Gasteiger charge is 2.29. The Balaban J connectivity index is 1.99. The van der Waals surface area contributed by atoms with Gasteiger partial charge in [-0.1, -0.05) is 0 Å². The number of fused-ring (bicyclic) bond motifs is 1. The molecule has 0 saturated carbocycles. The fraction of sp³-hybridized carbons (Fsp3) is 0.462. The summed E-state index contributed by atoms with van der Waals surface area (Å²) in [7, 11) is 3.39. The van der Waals surface area contributed by atoms with Gasteiger partial charge in [-0.25, -0.2) is 0 Å². The number of aromatic nitrogens is 4. The molecule has 1 atom stereocenters. The number of halogens is 1. The smallest absolute Gasteiger partial charge is 0.310 e. The Morgan fingerprint density at radius 1 is 1.50 bits per heavy atom. The van der Waals surface area contributed by atoms with Crippen molar-refractivity contribution in [3.8, 4) is 11.5 Å². The van der Waals surface area contributed by atoms with Gasteiger partial charge in [0.05, 0.1) is 18.7 Å². The lowest BCUT2D eigenvalue weighted by atomic mass is 9.99. The van der Waals surface area contributed by atoms with Crippen molar-refractivity contribution < 1.29 is 9.53 Å². The van der Waals surface area contributed by atoms with Gasteiger partial charge in [0.1, 0.15) is 5.82 Å². The molecule has 1 aliphatic heterocycles. The number of carbonyl (C=O) groups is 1. The second-order valence-corrected chi connectivity index (χ2v) is 5.88. The summed E-state index contributed by atoms with van der Waals surface area (Å²) in [6.07, 6.45) is 3.48. The first-order valence-electron chi connectivity index (χ1n) is 6.42. The zero-order chi connectivity index (χ0) is 14.3. The molecule has 1 aliphatic rings. The monoisotopic (exact) mass is 338 g/mol. The van der Waals surface area contributed by atoms with Gasteiger partial charge in [0.15, 0.2) is 5.82 Å². The van der Waals surface area contributed by atoms with Crippen molar-refractivity contribution in [1.29, 1.82) is 0 Å². The summed E-state index contributed by atoms with van der Waals surface area (Å²) in [4.78, 5) is 11.7. The molecule has 3 rings (SSSR count). The van der Waals surface area contributed by atoms with Gasteiger partial charge in [0.25, 0.3) is 0 Å². The van der Waals surface area contributed by atoms with Crippen molar-refractivity contribution in [2.45, 2.75) is 19.4 Å². The Morgan fingerprint density at radius 2 is 2.30 bits per heavy atom. The molecular formula is C13H15BrN4O2. The highest BCUT2D eigenvalue weighted by Crippen LogP contribution is 2.28. The van der Waals surface area contributed by atoms with E-state index in [9.17, 15) is 4.79 Å². The Hall–Kier alpha value is -1.63. The second-order valence-electron chi connectivity index (χ2n) is 4.96. The van der Waals surface area contributed by atoms with E-state index in [2.05, 4.69) is 26.1 Å². The minimum atomic E-state index is -0.164. The topological polar surface area (TPSA) is 61.9 Å². The van der Waals surface area contributed by atoms with Crippen LogP contribution in [0.1, 0.15) is 12.2 Å². The summed E-state index contributed by atoms with van der Waals surface area (Å²) in [5, 5.41) is 8.52. The average molecular weight is 339 g/mol. The number of ether oxygens (including phenoxy) is 1. The molecule has 106 valence electrons. The van der Waals surface area contributed by atoms with Gasteiger partial charge < -0.3 is 13.9 Å². The average Bonchev–Trinajstić information content (AvgIpc) is 2.99. The number of methoxy groups -OCH3 is 1. The fourth-order valence-electron chi connectivity index (χ4n) is 2.62. The first-order valence-corrected chi connectivity index (χ1v) is 7.21. The maximum atomic E-state index is 11.7. The van der Waals surface area contributed by atoms with Gasteiger partial charge in [0, 0.05) is 30.7 Å². The van der Waals surface area contributed by atoms with Crippen LogP contribution in [-0.2, 0) is 29.5 Å². The van der Waals surface area contributed by atoms with Crippen LogP contribution >= 0.6 is 15.9 Å². The Bertz CT molecular complexity index is 661. The summed E-state index contributed by atoms with van der Waals surface area (Å²) in [6.45, 7) is 0.577. The first kappa shape index (κ1) is 13.4. The Kier molecular flexibility index (Phi) is 3.37. The zero-order valence-corrected chi connectivity index (χ0v) is 12.9. The Labute approximate surface area is 124 Å². The second kappa shape index (κ2) is 5.05. The fourth-order valence-corrected chi connectivity index (χ4v) is 3.15. The zero-order valence-electron chi connectivity index (χ0n) is 11.3. The van der Waals surface area contributed by atoms with E-state index in [-0.39, 0.29) is 11.9 Å². The van der Waals surface area contributed by atoms with E-state index in [4.69, 9.17) is 4.74 Å². The molecule has 20 heavy (non-hydrogen) atoms. The largest absolute Gasteiger partial charge is 0.469 e. The third-order valence-electron chi connectivity index (χ3n) is 3.68. The van der Waals surface area contributed by atoms with Gasteiger partial charge in [-0.05, 0) is 28.4 Å². The molecule has 0 aliphatic carbocycles. The summed E-state index contributed by atoms with van der Waals surface area (Å²) < 4.78 is 9.85. The van der Waals surface area contributed by atoms with Crippen molar-refractivity contribution in [2.75, 3.05) is 7.11 Å². The highest BCUT2D eigenvalue weighted by molar-refractivity contribution is 9.10. The predicted octanol–water partition coefficient (Wildman–Crippen LogP) is 1.78. The molecule has 2 aromatic heterocycles. The lowest BCUT2D eigenvalue weighted by Gasteiger charge is -2.22. The van der Waals surface area contributed by atoms with Crippen LogP contribution in [0.5, 0.6) is 0 Å². The van der Waals surface area contributed by atoms with Gasteiger partial charge in [-0.15, -0.1) is 10.2 Å². The van der Waals surface area contributed by atoms with E-state index in [0.29, 0.717) is 6.54 Å². The molecule has 1 unspecified atom stereocenters. The van der Waals surface area contributed by atoms with Crippen LogP contribution in [0.25, 0.3) is 11.5 Å². The summed E-state index contributed by atoms with van der Waals surface area (Å²) in [5.74, 6) is 1.44. The molecule has 0 fully saturated rings. The van der Waals surface area contributed by atoms with Crippen LogP contribution in [0.15, 0.2) is 16.7 Å². The van der Waals surface area contributed by atoms with Crippen molar-refractivity contribution in [2.24, 2.45) is 13.0 Å². The maximum absolute atomic E-state index is 11.7. The van der Waals surface area contributed by atoms with Gasteiger partial charge in [-0.3, -0.25) is 4.79 Å². The number of hydrogen-bond acceptors (Lipinski definition) is 4. The van der Waals surface area contributed by atoms with Crippen molar-refractivity contribution in [3.05, 3.63) is 22.6 Å². The molecule has 0 amide bonds. The molecule has 7 heteroatoms. The number of nitrogens with zero attached hydrogens (tertiary/aromatic N) is 4. The molecule has 3 heterocycles. The van der Waals surface area contributed by atoms with E-state index in [1.165, 1.54) is 7.11 Å². The van der Waals surface area contributed by atoms with Crippen molar-refractivity contribution >= 4 is 21.9 Å².